The van der Waals surface area contributed by atoms with Crippen LogP contribution < -0.4 is 10.2 Å². The van der Waals surface area contributed by atoms with E-state index in [9.17, 15) is 9.59 Å². The van der Waals surface area contributed by atoms with Crippen LogP contribution in [0.2, 0.25) is 0 Å². The molecule has 0 saturated carbocycles. The molecule has 4 rings (SSSR count). The minimum Gasteiger partial charge on any atom is -0.325 e. The molecular formula is C22H18BrN3O2S. The molecule has 2 aromatic carbocycles. The first kappa shape index (κ1) is 19.5. The lowest BCUT2D eigenvalue weighted by molar-refractivity contribution is -0.120. The Kier molecular flexibility index (Phi) is 5.60. The SMILES string of the molecule is Cc1cc(NC(=O)CN2C(=O)CC(c3cccs3)=Nc3ccccc32)ccc1Br. The second-order valence-corrected chi connectivity index (χ2v) is 8.50. The number of nitrogens with one attached hydrogen (secondary N) is 1. The molecule has 0 aliphatic carbocycles. The molecule has 0 unspecified atom stereocenters. The molecule has 3 aromatic rings. The summed E-state index contributed by atoms with van der Waals surface area (Å²) in [5.41, 5.74) is 3.78. The zero-order valence-electron chi connectivity index (χ0n) is 15.7. The van der Waals surface area contributed by atoms with Crippen molar-refractivity contribution in [2.24, 2.45) is 4.99 Å². The Morgan fingerprint density at radius 2 is 2.03 bits per heavy atom. The number of fused-ring (bicyclic) bond motifs is 1. The molecule has 146 valence electrons. The van der Waals surface area contributed by atoms with Crippen molar-refractivity contribution in [1.29, 1.82) is 0 Å². The Labute approximate surface area is 181 Å². The zero-order valence-corrected chi connectivity index (χ0v) is 18.1. The largest absolute Gasteiger partial charge is 0.325 e. The summed E-state index contributed by atoms with van der Waals surface area (Å²) in [6.45, 7) is 1.88. The van der Waals surface area contributed by atoms with Gasteiger partial charge in [0.1, 0.15) is 6.54 Å². The van der Waals surface area contributed by atoms with Gasteiger partial charge in [0.15, 0.2) is 0 Å². The van der Waals surface area contributed by atoms with E-state index in [1.807, 2.05) is 66.9 Å². The van der Waals surface area contributed by atoms with Crippen molar-refractivity contribution < 1.29 is 9.59 Å². The van der Waals surface area contributed by atoms with Crippen LogP contribution in [0.4, 0.5) is 17.1 Å². The van der Waals surface area contributed by atoms with E-state index >= 15 is 0 Å². The summed E-state index contributed by atoms with van der Waals surface area (Å²) >= 11 is 5.00. The fraction of sp³-hybridized carbons (Fsp3) is 0.136. The van der Waals surface area contributed by atoms with Gasteiger partial charge in [-0.05, 0) is 54.3 Å². The number of hydrogen-bond acceptors (Lipinski definition) is 4. The van der Waals surface area contributed by atoms with Crippen molar-refractivity contribution in [3.05, 3.63) is 74.9 Å². The maximum Gasteiger partial charge on any atom is 0.244 e. The van der Waals surface area contributed by atoms with Crippen molar-refractivity contribution in [2.45, 2.75) is 13.3 Å². The second-order valence-electron chi connectivity index (χ2n) is 6.69. The third kappa shape index (κ3) is 4.31. The number of halogens is 1. The highest BCUT2D eigenvalue weighted by molar-refractivity contribution is 9.10. The first-order valence-electron chi connectivity index (χ1n) is 9.08. The predicted molar refractivity (Wildman–Crippen MR) is 121 cm³/mol. The second kappa shape index (κ2) is 8.31. The van der Waals surface area contributed by atoms with Gasteiger partial charge in [0, 0.05) is 15.0 Å². The van der Waals surface area contributed by atoms with Crippen LogP contribution in [0.1, 0.15) is 16.9 Å². The Morgan fingerprint density at radius 1 is 1.21 bits per heavy atom. The highest BCUT2D eigenvalue weighted by Gasteiger charge is 2.26. The van der Waals surface area contributed by atoms with Crippen LogP contribution in [0, 0.1) is 6.92 Å². The van der Waals surface area contributed by atoms with E-state index in [0.717, 1.165) is 20.6 Å². The summed E-state index contributed by atoms with van der Waals surface area (Å²) in [4.78, 5) is 32.9. The highest BCUT2D eigenvalue weighted by Crippen LogP contribution is 2.33. The summed E-state index contributed by atoms with van der Waals surface area (Å²) in [7, 11) is 0. The minimum atomic E-state index is -0.255. The van der Waals surface area contributed by atoms with E-state index in [4.69, 9.17) is 4.99 Å². The first-order valence-corrected chi connectivity index (χ1v) is 10.8. The number of hydrogen-bond donors (Lipinski definition) is 1. The van der Waals surface area contributed by atoms with Crippen LogP contribution in [-0.2, 0) is 9.59 Å². The third-order valence-corrected chi connectivity index (χ3v) is 6.41. The van der Waals surface area contributed by atoms with Crippen LogP contribution >= 0.6 is 27.3 Å². The molecule has 0 fully saturated rings. The van der Waals surface area contributed by atoms with Crippen LogP contribution in [0.5, 0.6) is 0 Å². The fourth-order valence-corrected chi connectivity index (χ4v) is 4.13. The average molecular weight is 468 g/mol. The smallest absolute Gasteiger partial charge is 0.244 e. The Morgan fingerprint density at radius 3 is 2.79 bits per heavy atom. The van der Waals surface area contributed by atoms with E-state index in [1.54, 1.807) is 11.3 Å². The Hall–Kier alpha value is -2.77. The molecule has 7 heteroatoms. The third-order valence-electron chi connectivity index (χ3n) is 4.60. The monoisotopic (exact) mass is 467 g/mol. The van der Waals surface area contributed by atoms with Gasteiger partial charge in [-0.1, -0.05) is 34.1 Å². The topological polar surface area (TPSA) is 61.8 Å². The number of nitrogens with zero attached hydrogens (tertiary/aromatic N) is 2. The van der Waals surface area contributed by atoms with Gasteiger partial charge in [-0.3, -0.25) is 9.59 Å². The molecule has 0 spiro atoms. The number of thiophene rings is 1. The van der Waals surface area contributed by atoms with Gasteiger partial charge < -0.3 is 10.2 Å². The molecule has 2 heterocycles. The summed E-state index contributed by atoms with van der Waals surface area (Å²) < 4.78 is 0.977. The molecule has 1 N–H and O–H groups in total. The summed E-state index contributed by atoms with van der Waals surface area (Å²) in [5.74, 6) is -0.404. The first-order chi connectivity index (χ1) is 14.0. The van der Waals surface area contributed by atoms with Crippen molar-refractivity contribution in [3.63, 3.8) is 0 Å². The normalized spacial score (nSPS) is 13.5. The quantitative estimate of drug-likeness (QED) is 0.564. The van der Waals surface area contributed by atoms with Gasteiger partial charge in [0.25, 0.3) is 0 Å². The molecule has 2 amide bonds. The average Bonchev–Trinajstić information content (AvgIpc) is 3.19. The number of para-hydroxylation sites is 2. The van der Waals surface area contributed by atoms with Crippen molar-refractivity contribution in [1.82, 2.24) is 0 Å². The van der Waals surface area contributed by atoms with E-state index in [1.165, 1.54) is 4.90 Å². The van der Waals surface area contributed by atoms with E-state index in [-0.39, 0.29) is 24.8 Å². The molecule has 0 saturated heterocycles. The molecule has 0 atom stereocenters. The summed E-state index contributed by atoms with van der Waals surface area (Å²) in [6.07, 6.45) is 0.153. The zero-order chi connectivity index (χ0) is 20.4. The number of rotatable bonds is 4. The lowest BCUT2D eigenvalue weighted by Crippen LogP contribution is -2.38. The Balaban J connectivity index is 1.59. The lowest BCUT2D eigenvalue weighted by Gasteiger charge is -2.22. The lowest BCUT2D eigenvalue weighted by atomic mass is 10.2. The molecule has 1 aliphatic heterocycles. The van der Waals surface area contributed by atoms with Gasteiger partial charge in [-0.25, -0.2) is 4.99 Å². The number of aliphatic imine (C=N–C) groups is 1. The summed E-state index contributed by atoms with van der Waals surface area (Å²) in [6, 6.07) is 16.9. The van der Waals surface area contributed by atoms with E-state index in [2.05, 4.69) is 21.2 Å². The molecule has 0 bridgehead atoms. The standard InChI is InChI=1S/C22H18BrN3O2S/c1-14-11-15(8-9-16(14)23)24-21(27)13-26-19-6-3-2-5-17(19)25-18(12-22(26)28)20-7-4-10-29-20/h2-11H,12-13H2,1H3,(H,24,27). The number of aryl methyl sites for hydroxylation is 1. The molecular weight excluding hydrogens is 450 g/mol. The van der Waals surface area contributed by atoms with Crippen molar-refractivity contribution >= 4 is 61.9 Å². The maximum absolute atomic E-state index is 13.0. The van der Waals surface area contributed by atoms with Gasteiger partial charge in [-0.2, -0.15) is 0 Å². The molecule has 29 heavy (non-hydrogen) atoms. The highest BCUT2D eigenvalue weighted by atomic mass is 79.9. The van der Waals surface area contributed by atoms with E-state index < -0.39 is 0 Å². The Bertz CT molecular complexity index is 1110. The van der Waals surface area contributed by atoms with Gasteiger partial charge in [0.05, 0.1) is 23.5 Å². The van der Waals surface area contributed by atoms with Crippen LogP contribution in [0.3, 0.4) is 0 Å². The van der Waals surface area contributed by atoms with Crippen molar-refractivity contribution in [2.75, 3.05) is 16.8 Å². The van der Waals surface area contributed by atoms with E-state index in [0.29, 0.717) is 17.1 Å². The molecule has 1 aliphatic rings. The van der Waals surface area contributed by atoms with Crippen LogP contribution in [0.15, 0.2) is 69.4 Å². The van der Waals surface area contributed by atoms with Crippen LogP contribution in [-0.4, -0.2) is 24.1 Å². The number of benzene rings is 2. The minimum absolute atomic E-state index is 0.0712. The maximum atomic E-state index is 13.0. The van der Waals surface area contributed by atoms with Gasteiger partial charge in [0.2, 0.25) is 11.8 Å². The van der Waals surface area contributed by atoms with Crippen molar-refractivity contribution in [3.8, 4) is 0 Å². The predicted octanol–water partition coefficient (Wildman–Crippen LogP) is 5.32. The number of amides is 2. The number of carbonyl (C=O) groups excluding carboxylic acids is 2. The molecule has 1 aromatic heterocycles. The van der Waals surface area contributed by atoms with Gasteiger partial charge >= 0.3 is 0 Å². The van der Waals surface area contributed by atoms with Crippen LogP contribution in [0.25, 0.3) is 0 Å². The van der Waals surface area contributed by atoms with Gasteiger partial charge in [-0.15, -0.1) is 11.3 Å². The summed E-state index contributed by atoms with van der Waals surface area (Å²) in [5, 5.41) is 4.84. The fourth-order valence-electron chi connectivity index (χ4n) is 3.17. The number of carbonyl (C=O) groups is 2. The molecule has 5 nitrogen and oxygen atoms in total. The molecule has 0 radical (unpaired) electrons. The number of anilines is 2.